The summed E-state index contributed by atoms with van der Waals surface area (Å²) in [6.07, 6.45) is 6.71. The molecule has 2 heterocycles. The van der Waals surface area contributed by atoms with Crippen molar-refractivity contribution in [1.82, 2.24) is 0 Å². The molecule has 1 nitrogen and oxygen atoms in total. The lowest BCUT2D eigenvalue weighted by Crippen LogP contribution is -2.18. The smallest absolute Gasteiger partial charge is 0.0472 e. The van der Waals surface area contributed by atoms with Crippen molar-refractivity contribution in [2.75, 3.05) is 4.90 Å². The third kappa shape index (κ3) is 4.46. The zero-order valence-corrected chi connectivity index (χ0v) is 30.7. The molecule has 0 atom stereocenters. The molecule has 52 heavy (non-hydrogen) atoms. The van der Waals surface area contributed by atoms with E-state index >= 15 is 0 Å². The molecule has 0 amide bonds. The topological polar surface area (TPSA) is 3.24 Å². The van der Waals surface area contributed by atoms with E-state index in [9.17, 15) is 0 Å². The van der Waals surface area contributed by atoms with Gasteiger partial charge in [0.1, 0.15) is 0 Å². The van der Waals surface area contributed by atoms with Gasteiger partial charge in [0.2, 0.25) is 0 Å². The van der Waals surface area contributed by atoms with Crippen molar-refractivity contribution in [3.05, 3.63) is 174 Å². The van der Waals surface area contributed by atoms with Gasteiger partial charge < -0.3 is 4.90 Å². The molecule has 9 aromatic rings. The van der Waals surface area contributed by atoms with Crippen molar-refractivity contribution >= 4 is 90.7 Å². The molecule has 0 saturated heterocycles. The van der Waals surface area contributed by atoms with E-state index in [-0.39, 0.29) is 5.41 Å². The maximum Gasteiger partial charge on any atom is 0.0472 e. The highest BCUT2D eigenvalue weighted by Gasteiger charge is 2.35. The molecule has 0 saturated carbocycles. The third-order valence-corrected chi connectivity index (χ3v) is 13.8. The van der Waals surface area contributed by atoms with Crippen LogP contribution in [0.15, 0.2) is 157 Å². The Kier molecular flexibility index (Phi) is 6.53. The second kappa shape index (κ2) is 11.3. The highest BCUT2D eigenvalue weighted by molar-refractivity contribution is 7.26. The van der Waals surface area contributed by atoms with Gasteiger partial charge in [-0.05, 0) is 106 Å². The lowest BCUT2D eigenvalue weighted by Gasteiger charge is -2.31. The molecule has 0 N–H and O–H groups in total. The molecule has 0 radical (unpaired) electrons. The van der Waals surface area contributed by atoms with Crippen LogP contribution in [0.4, 0.5) is 11.4 Å². The van der Waals surface area contributed by atoms with Crippen LogP contribution in [0, 0.1) is 0 Å². The zero-order chi connectivity index (χ0) is 34.6. The summed E-state index contributed by atoms with van der Waals surface area (Å²) in [4.78, 5) is 2.52. The molecule has 0 unspecified atom stereocenters. The Bertz CT molecular complexity index is 3000. The zero-order valence-electron chi connectivity index (χ0n) is 29.1. The minimum absolute atomic E-state index is 0.0182. The van der Waals surface area contributed by atoms with Crippen molar-refractivity contribution in [2.45, 2.75) is 32.1 Å². The first-order chi connectivity index (χ1) is 25.5. The lowest BCUT2D eigenvalue weighted by atomic mass is 9.82. The van der Waals surface area contributed by atoms with E-state index in [2.05, 4.69) is 170 Å². The van der Waals surface area contributed by atoms with Crippen LogP contribution in [-0.2, 0) is 5.41 Å². The molecule has 2 aliphatic rings. The highest BCUT2D eigenvalue weighted by Crippen LogP contribution is 2.51. The van der Waals surface area contributed by atoms with Crippen molar-refractivity contribution in [3.63, 3.8) is 0 Å². The molecule has 2 aliphatic carbocycles. The summed E-state index contributed by atoms with van der Waals surface area (Å²) >= 11 is 3.80. The number of hydrogen-bond donors (Lipinski definition) is 0. The van der Waals surface area contributed by atoms with E-state index in [0.717, 1.165) is 12.8 Å². The second-order valence-electron chi connectivity index (χ2n) is 14.8. The van der Waals surface area contributed by atoms with E-state index in [1.165, 1.54) is 102 Å². The van der Waals surface area contributed by atoms with Crippen molar-refractivity contribution in [1.29, 1.82) is 0 Å². The maximum absolute atomic E-state index is 2.52. The van der Waals surface area contributed by atoms with Crippen LogP contribution in [0.1, 0.15) is 43.4 Å². The number of allylic oxidation sites excluding steroid dienone is 4. The van der Waals surface area contributed by atoms with Crippen LogP contribution in [0.2, 0.25) is 0 Å². The predicted molar refractivity (Wildman–Crippen MR) is 228 cm³/mol. The summed E-state index contributed by atoms with van der Waals surface area (Å²) in [7, 11) is 0. The molecule has 0 aliphatic heterocycles. The molecular weight excluding hydrogens is 667 g/mol. The van der Waals surface area contributed by atoms with Crippen LogP contribution >= 0.6 is 22.7 Å². The van der Waals surface area contributed by atoms with Gasteiger partial charge >= 0.3 is 0 Å². The molecule has 3 heteroatoms. The summed E-state index contributed by atoms with van der Waals surface area (Å²) in [5, 5.41) is 8.06. The third-order valence-electron chi connectivity index (χ3n) is 11.6. The number of thiophene rings is 2. The van der Waals surface area contributed by atoms with Crippen molar-refractivity contribution in [3.8, 4) is 11.1 Å². The normalized spacial score (nSPS) is 15.0. The number of fused-ring (bicyclic) bond motifs is 11. The lowest BCUT2D eigenvalue weighted by molar-refractivity contribution is 0.660. The number of hydrogen-bond acceptors (Lipinski definition) is 3. The van der Waals surface area contributed by atoms with Gasteiger partial charge in [0.15, 0.2) is 0 Å². The van der Waals surface area contributed by atoms with Crippen LogP contribution < -0.4 is 4.90 Å². The monoisotopic (exact) mass is 701 g/mol. The maximum atomic E-state index is 2.52. The van der Waals surface area contributed by atoms with Gasteiger partial charge in [-0.25, -0.2) is 0 Å². The summed E-state index contributed by atoms with van der Waals surface area (Å²) in [5.74, 6) is 0. The van der Waals surface area contributed by atoms with E-state index in [1.54, 1.807) is 0 Å². The quantitative estimate of drug-likeness (QED) is 0.177. The number of nitrogens with zero attached hydrogens (tertiary/aromatic N) is 1. The van der Waals surface area contributed by atoms with Gasteiger partial charge in [-0.3, -0.25) is 0 Å². The van der Waals surface area contributed by atoms with Crippen LogP contribution in [-0.4, -0.2) is 0 Å². The highest BCUT2D eigenvalue weighted by atomic mass is 32.1. The molecule has 0 spiro atoms. The Morgan fingerprint density at radius 1 is 0.500 bits per heavy atom. The number of benzene rings is 7. The summed E-state index contributed by atoms with van der Waals surface area (Å²) < 4.78 is 5.38. The summed E-state index contributed by atoms with van der Waals surface area (Å²) in [6, 6.07) is 52.4. The fourth-order valence-corrected chi connectivity index (χ4v) is 11.3. The molecule has 0 bridgehead atoms. The van der Waals surface area contributed by atoms with Crippen LogP contribution in [0.3, 0.4) is 0 Å². The van der Waals surface area contributed by atoms with E-state index in [4.69, 9.17) is 0 Å². The Morgan fingerprint density at radius 2 is 1.21 bits per heavy atom. The molecule has 2 aromatic heterocycles. The Balaban J connectivity index is 1.03. The van der Waals surface area contributed by atoms with E-state index in [1.807, 2.05) is 22.7 Å². The van der Waals surface area contributed by atoms with Gasteiger partial charge in [-0.15, -0.1) is 22.7 Å². The van der Waals surface area contributed by atoms with Gasteiger partial charge in [0.05, 0.1) is 0 Å². The molecule has 0 fully saturated rings. The molecule has 11 rings (SSSR count). The van der Waals surface area contributed by atoms with E-state index in [0.29, 0.717) is 0 Å². The number of anilines is 2. The molecule has 248 valence electrons. The number of rotatable bonds is 4. The Morgan fingerprint density at radius 3 is 2.12 bits per heavy atom. The summed E-state index contributed by atoms with van der Waals surface area (Å²) in [6.45, 7) is 4.72. The summed E-state index contributed by atoms with van der Waals surface area (Å²) in [5.41, 5.74) is 12.0. The Labute approximate surface area is 311 Å². The van der Waals surface area contributed by atoms with Crippen LogP contribution in [0.5, 0.6) is 0 Å². The predicted octanol–water partition coefficient (Wildman–Crippen LogP) is 14.8. The standard InChI is InChI=1S/C49H35NS2/c1-49(2)42-13-7-5-11-37(42)41-28-34(22-25-43(41)49)50(35-21-24-39-38-12-6-8-14-44(38)51-47(39)29-35)33-19-15-30(16-20-33)32-17-23-40-46(27-32)52-45-26-18-31-9-3-4-10-36(31)48(40)45/h3-15,17-19,21-29H,16,20H2,1-2H3. The average Bonchev–Trinajstić information content (AvgIpc) is 3.82. The second-order valence-corrected chi connectivity index (χ2v) is 17.0. The minimum atomic E-state index is -0.0182. The van der Waals surface area contributed by atoms with Gasteiger partial charge in [-0.1, -0.05) is 117 Å². The first kappa shape index (κ1) is 30.2. The molecular formula is C49H35NS2. The van der Waals surface area contributed by atoms with Gasteiger partial charge in [0, 0.05) is 62.8 Å². The molecule has 7 aromatic carbocycles. The SMILES string of the molecule is CC1(C)c2ccccc2-c2cc(N(C3=CC=C(c4ccc5c(c4)sc4ccc6ccccc6c45)CC3)c3ccc4c(c3)sc3ccccc34)ccc21. The van der Waals surface area contributed by atoms with Gasteiger partial charge in [-0.2, -0.15) is 0 Å². The average molecular weight is 702 g/mol. The first-order valence-electron chi connectivity index (χ1n) is 18.2. The van der Waals surface area contributed by atoms with Crippen LogP contribution in [0.25, 0.3) is 67.8 Å². The fourth-order valence-electron chi connectivity index (χ4n) is 8.98. The van der Waals surface area contributed by atoms with Gasteiger partial charge in [0.25, 0.3) is 0 Å². The van der Waals surface area contributed by atoms with E-state index < -0.39 is 0 Å². The first-order valence-corrected chi connectivity index (χ1v) is 19.8. The largest absolute Gasteiger partial charge is 0.314 e. The fraction of sp³-hybridized carbons (Fsp3) is 0.102. The minimum Gasteiger partial charge on any atom is -0.314 e. The van der Waals surface area contributed by atoms with Crippen molar-refractivity contribution in [2.24, 2.45) is 0 Å². The van der Waals surface area contributed by atoms with Crippen molar-refractivity contribution < 1.29 is 0 Å². The Hall–Kier alpha value is -5.48.